The smallest absolute Gasteiger partial charge is 0.239 e. The number of nitrogens with one attached hydrogen (secondary N) is 1. The molecule has 2 amide bonds. The number of hydrogen-bond acceptors (Lipinski definition) is 3. The van der Waals surface area contributed by atoms with Gasteiger partial charge in [-0.05, 0) is 25.0 Å². The number of pyridine rings is 1. The Bertz CT molecular complexity index is 459. The van der Waals surface area contributed by atoms with Gasteiger partial charge in [-0.15, -0.1) is 0 Å². The minimum absolute atomic E-state index is 0.0335. The van der Waals surface area contributed by atoms with Crippen molar-refractivity contribution in [2.45, 2.75) is 19.8 Å². The third-order valence-corrected chi connectivity index (χ3v) is 3.05. The predicted octanol–water partition coefficient (Wildman–Crippen LogP) is 0.281. The summed E-state index contributed by atoms with van der Waals surface area (Å²) in [5, 5.41) is 2.76. The van der Waals surface area contributed by atoms with Crippen molar-refractivity contribution in [1.82, 2.24) is 15.2 Å². The van der Waals surface area contributed by atoms with E-state index in [0.29, 0.717) is 13.1 Å². The number of amides is 2. The van der Waals surface area contributed by atoms with E-state index in [9.17, 15) is 9.59 Å². The molecule has 1 fully saturated rings. The zero-order valence-electron chi connectivity index (χ0n) is 10.5. The highest BCUT2D eigenvalue weighted by Gasteiger charge is 2.20. The van der Waals surface area contributed by atoms with Gasteiger partial charge in [-0.25, -0.2) is 0 Å². The first-order chi connectivity index (χ1) is 8.66. The van der Waals surface area contributed by atoms with E-state index in [-0.39, 0.29) is 24.8 Å². The van der Waals surface area contributed by atoms with Gasteiger partial charge in [-0.1, -0.05) is 6.07 Å². The molecule has 0 aliphatic carbocycles. The van der Waals surface area contributed by atoms with Crippen LogP contribution >= 0.6 is 0 Å². The zero-order chi connectivity index (χ0) is 13.0. The monoisotopic (exact) mass is 247 g/mol. The van der Waals surface area contributed by atoms with E-state index in [0.717, 1.165) is 17.7 Å². The summed E-state index contributed by atoms with van der Waals surface area (Å²) in [6, 6.07) is 3.79. The SMILES string of the molecule is Cc1cccnc1CC(=O)N1CCCNC(=O)C1. The van der Waals surface area contributed by atoms with Crippen LogP contribution < -0.4 is 5.32 Å². The molecule has 1 aliphatic heterocycles. The Hall–Kier alpha value is -1.91. The largest absolute Gasteiger partial charge is 0.354 e. The van der Waals surface area contributed by atoms with E-state index in [4.69, 9.17) is 0 Å². The van der Waals surface area contributed by atoms with E-state index in [2.05, 4.69) is 10.3 Å². The van der Waals surface area contributed by atoms with Gasteiger partial charge < -0.3 is 10.2 Å². The second-order valence-electron chi connectivity index (χ2n) is 4.46. The second-order valence-corrected chi connectivity index (χ2v) is 4.46. The van der Waals surface area contributed by atoms with Crippen molar-refractivity contribution in [1.29, 1.82) is 0 Å². The minimum Gasteiger partial charge on any atom is -0.354 e. The van der Waals surface area contributed by atoms with Crippen LogP contribution in [0.3, 0.4) is 0 Å². The van der Waals surface area contributed by atoms with Crippen molar-refractivity contribution in [3.63, 3.8) is 0 Å². The van der Waals surface area contributed by atoms with Crippen molar-refractivity contribution in [3.05, 3.63) is 29.6 Å². The van der Waals surface area contributed by atoms with Crippen LogP contribution in [0.1, 0.15) is 17.7 Å². The molecule has 0 bridgehead atoms. The molecule has 1 saturated heterocycles. The highest BCUT2D eigenvalue weighted by atomic mass is 16.2. The van der Waals surface area contributed by atoms with Crippen LogP contribution in [0.4, 0.5) is 0 Å². The van der Waals surface area contributed by atoms with Crippen molar-refractivity contribution >= 4 is 11.8 Å². The number of carbonyl (C=O) groups is 2. The van der Waals surface area contributed by atoms with E-state index in [1.54, 1.807) is 11.1 Å². The fourth-order valence-electron chi connectivity index (χ4n) is 1.98. The van der Waals surface area contributed by atoms with Gasteiger partial charge in [0.15, 0.2) is 0 Å². The summed E-state index contributed by atoms with van der Waals surface area (Å²) >= 11 is 0. The van der Waals surface area contributed by atoms with E-state index in [1.165, 1.54) is 0 Å². The Kier molecular flexibility index (Phi) is 3.92. The van der Waals surface area contributed by atoms with Crippen molar-refractivity contribution in [3.8, 4) is 0 Å². The minimum atomic E-state index is -0.0846. The Morgan fingerprint density at radius 2 is 2.39 bits per heavy atom. The topological polar surface area (TPSA) is 62.3 Å². The summed E-state index contributed by atoms with van der Waals surface area (Å²) in [6.45, 7) is 3.37. The first-order valence-electron chi connectivity index (χ1n) is 6.12. The van der Waals surface area contributed by atoms with E-state index < -0.39 is 0 Å². The third-order valence-electron chi connectivity index (χ3n) is 3.05. The lowest BCUT2D eigenvalue weighted by molar-refractivity contribution is -0.134. The molecular formula is C13H17N3O2. The molecule has 0 spiro atoms. The van der Waals surface area contributed by atoms with Crippen LogP contribution in [0.2, 0.25) is 0 Å². The highest BCUT2D eigenvalue weighted by molar-refractivity contribution is 5.86. The molecule has 0 unspecified atom stereocenters. The van der Waals surface area contributed by atoms with Gasteiger partial charge in [-0.2, -0.15) is 0 Å². The molecular weight excluding hydrogens is 230 g/mol. The summed E-state index contributed by atoms with van der Waals surface area (Å²) < 4.78 is 0. The lowest BCUT2D eigenvalue weighted by atomic mass is 10.1. The van der Waals surface area contributed by atoms with Gasteiger partial charge in [0.1, 0.15) is 0 Å². The summed E-state index contributed by atoms with van der Waals surface area (Å²) in [5.41, 5.74) is 1.79. The number of nitrogens with zero attached hydrogens (tertiary/aromatic N) is 2. The summed E-state index contributed by atoms with van der Waals surface area (Å²) in [6.07, 6.45) is 2.75. The average Bonchev–Trinajstić information content (AvgIpc) is 2.57. The van der Waals surface area contributed by atoms with Crippen LogP contribution in [0.5, 0.6) is 0 Å². The van der Waals surface area contributed by atoms with Gasteiger partial charge in [0.05, 0.1) is 18.7 Å². The van der Waals surface area contributed by atoms with Crippen LogP contribution in [0.25, 0.3) is 0 Å². The van der Waals surface area contributed by atoms with Gasteiger partial charge in [-0.3, -0.25) is 14.6 Å². The fourth-order valence-corrected chi connectivity index (χ4v) is 1.98. The highest BCUT2D eigenvalue weighted by Crippen LogP contribution is 2.07. The molecule has 1 aromatic rings. The lowest BCUT2D eigenvalue weighted by Crippen LogP contribution is -2.38. The predicted molar refractivity (Wildman–Crippen MR) is 66.9 cm³/mol. The molecule has 1 aromatic heterocycles. The number of carbonyl (C=O) groups excluding carboxylic acids is 2. The molecule has 0 atom stereocenters. The van der Waals surface area contributed by atoms with Gasteiger partial charge in [0.25, 0.3) is 0 Å². The molecule has 0 radical (unpaired) electrons. The number of aryl methyl sites for hydroxylation is 1. The molecule has 2 rings (SSSR count). The van der Waals surface area contributed by atoms with Gasteiger partial charge >= 0.3 is 0 Å². The van der Waals surface area contributed by atoms with Crippen molar-refractivity contribution in [2.24, 2.45) is 0 Å². The van der Waals surface area contributed by atoms with Crippen LogP contribution in [-0.4, -0.2) is 41.3 Å². The molecule has 5 nitrogen and oxygen atoms in total. The van der Waals surface area contributed by atoms with Crippen LogP contribution in [0, 0.1) is 6.92 Å². The molecule has 0 aromatic carbocycles. The second kappa shape index (κ2) is 5.62. The Morgan fingerprint density at radius 3 is 3.17 bits per heavy atom. The lowest BCUT2D eigenvalue weighted by Gasteiger charge is -2.19. The maximum atomic E-state index is 12.1. The summed E-state index contributed by atoms with van der Waals surface area (Å²) in [5.74, 6) is -0.118. The normalized spacial score (nSPS) is 16.1. The standard InChI is InChI=1S/C13H17N3O2/c1-10-4-2-5-14-11(10)8-13(18)16-7-3-6-15-12(17)9-16/h2,4-5H,3,6-9H2,1H3,(H,15,17). The third kappa shape index (κ3) is 3.06. The zero-order valence-corrected chi connectivity index (χ0v) is 10.5. The molecule has 18 heavy (non-hydrogen) atoms. The summed E-state index contributed by atoms with van der Waals surface area (Å²) in [4.78, 5) is 29.3. The molecule has 2 heterocycles. The van der Waals surface area contributed by atoms with E-state index >= 15 is 0 Å². The quantitative estimate of drug-likeness (QED) is 0.816. The van der Waals surface area contributed by atoms with E-state index in [1.807, 2.05) is 19.1 Å². The molecule has 1 aliphatic rings. The number of hydrogen-bond donors (Lipinski definition) is 1. The number of rotatable bonds is 2. The maximum absolute atomic E-state index is 12.1. The van der Waals surface area contributed by atoms with Crippen molar-refractivity contribution in [2.75, 3.05) is 19.6 Å². The maximum Gasteiger partial charge on any atom is 0.239 e. The van der Waals surface area contributed by atoms with Gasteiger partial charge in [0.2, 0.25) is 11.8 Å². The first-order valence-corrected chi connectivity index (χ1v) is 6.12. The first kappa shape index (κ1) is 12.5. The molecule has 1 N–H and O–H groups in total. The fraction of sp³-hybridized carbons (Fsp3) is 0.462. The summed E-state index contributed by atoms with van der Waals surface area (Å²) in [7, 11) is 0. The number of aromatic nitrogens is 1. The van der Waals surface area contributed by atoms with Gasteiger partial charge in [0, 0.05) is 19.3 Å². The van der Waals surface area contributed by atoms with Crippen LogP contribution in [0.15, 0.2) is 18.3 Å². The Labute approximate surface area is 106 Å². The molecule has 96 valence electrons. The van der Waals surface area contributed by atoms with Crippen LogP contribution in [-0.2, 0) is 16.0 Å². The van der Waals surface area contributed by atoms with Crippen molar-refractivity contribution < 1.29 is 9.59 Å². The molecule has 5 heteroatoms. The molecule has 0 saturated carbocycles. The average molecular weight is 247 g/mol. The Morgan fingerprint density at radius 1 is 1.56 bits per heavy atom. The Balaban J connectivity index is 2.03.